The molecule has 0 saturated carbocycles. The number of nitrogens with zero attached hydrogens (tertiary/aromatic N) is 2. The molecule has 1 saturated heterocycles. The SMILES string of the molecule is O=[N+]([O-])c1cccnc1C1CCNC1. The predicted octanol–water partition coefficient (Wildman–Crippen LogP) is 1.07. The molecule has 1 aromatic rings. The van der Waals surface area contributed by atoms with Crippen LogP contribution in [0, 0.1) is 10.1 Å². The van der Waals surface area contributed by atoms with Crippen molar-refractivity contribution in [1.82, 2.24) is 10.3 Å². The van der Waals surface area contributed by atoms with E-state index in [2.05, 4.69) is 10.3 Å². The highest BCUT2D eigenvalue weighted by molar-refractivity contribution is 5.37. The Labute approximate surface area is 81.3 Å². The third-order valence-electron chi connectivity index (χ3n) is 2.46. The van der Waals surface area contributed by atoms with E-state index in [-0.39, 0.29) is 16.5 Å². The van der Waals surface area contributed by atoms with Gasteiger partial charge in [-0.3, -0.25) is 15.1 Å². The Morgan fingerprint density at radius 2 is 2.50 bits per heavy atom. The maximum absolute atomic E-state index is 10.7. The summed E-state index contributed by atoms with van der Waals surface area (Å²) in [5.74, 6) is 0.191. The minimum absolute atomic E-state index is 0.140. The van der Waals surface area contributed by atoms with Crippen LogP contribution in [0.4, 0.5) is 5.69 Å². The standard InChI is InChI=1S/C9H11N3O2/c13-12(14)8-2-1-4-11-9(8)7-3-5-10-6-7/h1-2,4,7,10H,3,5-6H2. The normalized spacial score (nSPS) is 21.0. The van der Waals surface area contributed by atoms with Crippen molar-refractivity contribution in [3.63, 3.8) is 0 Å². The van der Waals surface area contributed by atoms with Crippen molar-refractivity contribution in [2.75, 3.05) is 13.1 Å². The Morgan fingerprint density at radius 3 is 3.14 bits per heavy atom. The van der Waals surface area contributed by atoms with Gasteiger partial charge in [0.1, 0.15) is 5.69 Å². The van der Waals surface area contributed by atoms with Crippen molar-refractivity contribution in [3.05, 3.63) is 34.1 Å². The summed E-state index contributed by atoms with van der Waals surface area (Å²) in [6, 6.07) is 3.12. The van der Waals surface area contributed by atoms with Gasteiger partial charge in [-0.05, 0) is 19.0 Å². The molecule has 2 heterocycles. The van der Waals surface area contributed by atoms with E-state index in [9.17, 15) is 10.1 Å². The van der Waals surface area contributed by atoms with E-state index in [4.69, 9.17) is 0 Å². The minimum atomic E-state index is -0.360. The molecule has 5 nitrogen and oxygen atoms in total. The van der Waals surface area contributed by atoms with Crippen molar-refractivity contribution in [3.8, 4) is 0 Å². The van der Waals surface area contributed by atoms with Gasteiger partial charge >= 0.3 is 0 Å². The fourth-order valence-corrected chi connectivity index (χ4v) is 1.77. The quantitative estimate of drug-likeness (QED) is 0.563. The van der Waals surface area contributed by atoms with E-state index in [0.29, 0.717) is 5.69 Å². The Balaban J connectivity index is 2.35. The zero-order chi connectivity index (χ0) is 9.97. The van der Waals surface area contributed by atoms with Gasteiger partial charge in [-0.1, -0.05) is 0 Å². The van der Waals surface area contributed by atoms with Gasteiger partial charge in [0.05, 0.1) is 4.92 Å². The molecule has 5 heteroatoms. The third kappa shape index (κ3) is 1.58. The third-order valence-corrected chi connectivity index (χ3v) is 2.46. The van der Waals surface area contributed by atoms with E-state index in [0.717, 1.165) is 19.5 Å². The van der Waals surface area contributed by atoms with Crippen LogP contribution < -0.4 is 5.32 Å². The van der Waals surface area contributed by atoms with E-state index in [1.54, 1.807) is 12.3 Å². The van der Waals surface area contributed by atoms with Gasteiger partial charge in [0.25, 0.3) is 5.69 Å². The molecule has 14 heavy (non-hydrogen) atoms. The second kappa shape index (κ2) is 3.71. The van der Waals surface area contributed by atoms with E-state index in [1.807, 2.05) is 0 Å². The topological polar surface area (TPSA) is 68.1 Å². The van der Waals surface area contributed by atoms with Crippen LogP contribution in [0.5, 0.6) is 0 Å². The molecule has 0 amide bonds. The second-order valence-corrected chi connectivity index (χ2v) is 3.35. The average molecular weight is 193 g/mol. The Kier molecular flexibility index (Phi) is 2.41. The molecule has 0 aliphatic carbocycles. The molecule has 1 N–H and O–H groups in total. The molecule has 1 aliphatic heterocycles. The number of pyridine rings is 1. The lowest BCUT2D eigenvalue weighted by Gasteiger charge is -2.06. The molecule has 1 unspecified atom stereocenters. The first-order chi connectivity index (χ1) is 6.79. The molecule has 1 fully saturated rings. The molecule has 1 aromatic heterocycles. The monoisotopic (exact) mass is 193 g/mol. The van der Waals surface area contributed by atoms with Gasteiger partial charge < -0.3 is 5.32 Å². The summed E-state index contributed by atoms with van der Waals surface area (Å²) in [6.45, 7) is 1.70. The van der Waals surface area contributed by atoms with Crippen molar-refractivity contribution >= 4 is 5.69 Å². The van der Waals surface area contributed by atoms with Crippen LogP contribution in [0.25, 0.3) is 0 Å². The fraction of sp³-hybridized carbons (Fsp3) is 0.444. The van der Waals surface area contributed by atoms with Crippen LogP contribution in [0.3, 0.4) is 0 Å². The second-order valence-electron chi connectivity index (χ2n) is 3.35. The lowest BCUT2D eigenvalue weighted by atomic mass is 10.0. The molecule has 74 valence electrons. The summed E-state index contributed by atoms with van der Waals surface area (Å²) in [7, 11) is 0. The van der Waals surface area contributed by atoms with E-state index < -0.39 is 0 Å². The molecular weight excluding hydrogens is 182 g/mol. The summed E-state index contributed by atoms with van der Waals surface area (Å²) < 4.78 is 0. The molecule has 1 atom stereocenters. The van der Waals surface area contributed by atoms with Gasteiger partial charge in [0, 0.05) is 24.7 Å². The first kappa shape index (κ1) is 9.08. The number of nitrogens with one attached hydrogen (secondary N) is 1. The predicted molar refractivity (Wildman–Crippen MR) is 51.1 cm³/mol. The van der Waals surface area contributed by atoms with E-state index in [1.165, 1.54) is 6.07 Å². The molecule has 0 spiro atoms. The Morgan fingerprint density at radius 1 is 1.64 bits per heavy atom. The summed E-state index contributed by atoms with van der Waals surface area (Å²) in [5.41, 5.74) is 0.753. The van der Waals surface area contributed by atoms with Gasteiger partial charge in [-0.25, -0.2) is 0 Å². The molecule has 0 aromatic carbocycles. The van der Waals surface area contributed by atoms with Crippen LogP contribution in [-0.2, 0) is 0 Å². The smallest absolute Gasteiger partial charge is 0.291 e. The molecule has 1 aliphatic rings. The lowest BCUT2D eigenvalue weighted by Crippen LogP contribution is -2.10. The van der Waals surface area contributed by atoms with Crippen LogP contribution in [-0.4, -0.2) is 23.0 Å². The Bertz CT molecular complexity index is 348. The minimum Gasteiger partial charge on any atom is -0.316 e. The highest BCUT2D eigenvalue weighted by atomic mass is 16.6. The molecule has 0 radical (unpaired) electrons. The summed E-state index contributed by atoms with van der Waals surface area (Å²) in [6.07, 6.45) is 2.54. The largest absolute Gasteiger partial charge is 0.316 e. The van der Waals surface area contributed by atoms with Crippen molar-refractivity contribution in [2.45, 2.75) is 12.3 Å². The Hall–Kier alpha value is -1.49. The number of nitro groups is 1. The van der Waals surface area contributed by atoms with Crippen LogP contribution in [0.1, 0.15) is 18.0 Å². The van der Waals surface area contributed by atoms with Gasteiger partial charge in [0.15, 0.2) is 0 Å². The summed E-state index contributed by atoms with van der Waals surface area (Å²) in [4.78, 5) is 14.5. The van der Waals surface area contributed by atoms with Crippen LogP contribution in [0.2, 0.25) is 0 Å². The maximum atomic E-state index is 10.7. The van der Waals surface area contributed by atoms with Crippen LogP contribution in [0.15, 0.2) is 18.3 Å². The zero-order valence-corrected chi connectivity index (χ0v) is 7.64. The molecular formula is C9H11N3O2. The van der Waals surface area contributed by atoms with Gasteiger partial charge in [-0.15, -0.1) is 0 Å². The van der Waals surface area contributed by atoms with Crippen molar-refractivity contribution in [1.29, 1.82) is 0 Å². The maximum Gasteiger partial charge on any atom is 0.291 e. The molecule has 2 rings (SSSR count). The number of aromatic nitrogens is 1. The van der Waals surface area contributed by atoms with Gasteiger partial charge in [-0.2, -0.15) is 0 Å². The summed E-state index contributed by atoms with van der Waals surface area (Å²) >= 11 is 0. The average Bonchev–Trinajstić information content (AvgIpc) is 2.70. The fourth-order valence-electron chi connectivity index (χ4n) is 1.77. The molecule has 0 bridgehead atoms. The van der Waals surface area contributed by atoms with Crippen molar-refractivity contribution in [2.24, 2.45) is 0 Å². The number of hydrogen-bond acceptors (Lipinski definition) is 4. The summed E-state index contributed by atoms with van der Waals surface area (Å²) in [5, 5.41) is 13.9. The first-order valence-corrected chi connectivity index (χ1v) is 4.59. The zero-order valence-electron chi connectivity index (χ0n) is 7.64. The highest BCUT2D eigenvalue weighted by Gasteiger charge is 2.25. The first-order valence-electron chi connectivity index (χ1n) is 4.59. The van der Waals surface area contributed by atoms with E-state index >= 15 is 0 Å². The van der Waals surface area contributed by atoms with Crippen LogP contribution >= 0.6 is 0 Å². The van der Waals surface area contributed by atoms with Gasteiger partial charge in [0.2, 0.25) is 0 Å². The lowest BCUT2D eigenvalue weighted by molar-refractivity contribution is -0.386. The number of rotatable bonds is 2. The highest BCUT2D eigenvalue weighted by Crippen LogP contribution is 2.27. The van der Waals surface area contributed by atoms with Crippen molar-refractivity contribution < 1.29 is 4.92 Å². The number of hydrogen-bond donors (Lipinski definition) is 1.